The lowest BCUT2D eigenvalue weighted by Crippen LogP contribution is -2.54. The van der Waals surface area contributed by atoms with E-state index in [2.05, 4.69) is 48.5 Å². The molecule has 6 nitrogen and oxygen atoms in total. The fourth-order valence-corrected chi connectivity index (χ4v) is 6.70. The van der Waals surface area contributed by atoms with Gasteiger partial charge in [-0.3, -0.25) is 0 Å². The molecule has 0 aliphatic carbocycles. The van der Waals surface area contributed by atoms with Gasteiger partial charge in [0.05, 0.1) is 17.6 Å². The second-order valence-corrected chi connectivity index (χ2v) is 13.1. The second kappa shape index (κ2) is 10.7. The van der Waals surface area contributed by atoms with E-state index in [1.165, 1.54) is 5.56 Å². The van der Waals surface area contributed by atoms with Crippen LogP contribution in [-0.4, -0.2) is 42.2 Å². The Morgan fingerprint density at radius 2 is 1.69 bits per heavy atom. The Labute approximate surface area is 215 Å². The van der Waals surface area contributed by atoms with Crippen molar-refractivity contribution in [3.8, 4) is 0 Å². The summed E-state index contributed by atoms with van der Waals surface area (Å²) in [7, 11) is -3.27. The zero-order valence-corrected chi connectivity index (χ0v) is 22.3. The van der Waals surface area contributed by atoms with Crippen LogP contribution in [0, 0.1) is 12.8 Å². The van der Waals surface area contributed by atoms with E-state index >= 15 is 0 Å². The first-order valence-corrected chi connectivity index (χ1v) is 14.3. The zero-order valence-electron chi connectivity index (χ0n) is 21.5. The number of anilines is 2. The Balaban J connectivity index is 1.41. The minimum absolute atomic E-state index is 0.000923. The number of aryl methyl sites for hydroxylation is 1. The topological polar surface area (TPSA) is 91.3 Å². The molecule has 2 aromatic carbocycles. The standard InChI is InChI=1S/C29H37N3O3S/c1-20-7-5-10-27(31-20)32-25-13-11-21(12-14-25)15-23-18-36(34,35)19-26(28(23)33)30-17-22-8-6-9-24(16-22)29(2,3)4/h5-14,16,23,26,28,30,33H,15,17-19H2,1-4H3,(H,31,32)/t23-,26+,28+/m1/s1. The van der Waals surface area contributed by atoms with Crippen molar-refractivity contribution in [1.82, 2.24) is 10.3 Å². The summed E-state index contributed by atoms with van der Waals surface area (Å²) >= 11 is 0. The van der Waals surface area contributed by atoms with Gasteiger partial charge in [0.1, 0.15) is 5.82 Å². The van der Waals surface area contributed by atoms with E-state index in [0.29, 0.717) is 13.0 Å². The predicted molar refractivity (Wildman–Crippen MR) is 146 cm³/mol. The van der Waals surface area contributed by atoms with Crippen LogP contribution in [-0.2, 0) is 28.2 Å². The average Bonchev–Trinajstić information content (AvgIpc) is 2.81. The molecule has 0 radical (unpaired) electrons. The molecule has 0 saturated carbocycles. The first-order valence-electron chi connectivity index (χ1n) is 12.5. The van der Waals surface area contributed by atoms with Crippen molar-refractivity contribution >= 4 is 21.3 Å². The van der Waals surface area contributed by atoms with Gasteiger partial charge in [0.15, 0.2) is 9.84 Å². The van der Waals surface area contributed by atoms with E-state index in [1.54, 1.807) is 0 Å². The number of sulfone groups is 1. The molecule has 7 heteroatoms. The maximum absolute atomic E-state index is 12.7. The summed E-state index contributed by atoms with van der Waals surface area (Å²) in [6.45, 7) is 8.97. The van der Waals surface area contributed by atoms with E-state index in [4.69, 9.17) is 0 Å². The second-order valence-electron chi connectivity index (χ2n) is 11.0. The van der Waals surface area contributed by atoms with Gasteiger partial charge in [-0.2, -0.15) is 0 Å². The summed E-state index contributed by atoms with van der Waals surface area (Å²) in [6, 6.07) is 21.5. The van der Waals surface area contributed by atoms with Crippen molar-refractivity contribution in [2.75, 3.05) is 16.8 Å². The van der Waals surface area contributed by atoms with Gasteiger partial charge >= 0.3 is 0 Å². The van der Waals surface area contributed by atoms with Gasteiger partial charge in [-0.25, -0.2) is 13.4 Å². The Hall–Kier alpha value is -2.74. The lowest BCUT2D eigenvalue weighted by Gasteiger charge is -2.35. The van der Waals surface area contributed by atoms with Crippen LogP contribution in [0.5, 0.6) is 0 Å². The highest BCUT2D eigenvalue weighted by molar-refractivity contribution is 7.91. The van der Waals surface area contributed by atoms with Gasteiger partial charge in [-0.1, -0.05) is 63.2 Å². The fourth-order valence-electron chi connectivity index (χ4n) is 4.74. The number of aliphatic hydroxyl groups excluding tert-OH is 1. The monoisotopic (exact) mass is 507 g/mol. The van der Waals surface area contributed by atoms with Crippen LogP contribution in [0.2, 0.25) is 0 Å². The lowest BCUT2D eigenvalue weighted by atomic mass is 9.86. The number of nitrogens with zero attached hydrogens (tertiary/aromatic N) is 1. The summed E-state index contributed by atoms with van der Waals surface area (Å²) in [4.78, 5) is 4.46. The van der Waals surface area contributed by atoms with E-state index < -0.39 is 22.0 Å². The summed E-state index contributed by atoms with van der Waals surface area (Å²) in [5, 5.41) is 17.7. The molecular formula is C29H37N3O3S. The fraction of sp³-hybridized carbons (Fsp3) is 0.414. The Bertz CT molecular complexity index is 1280. The van der Waals surface area contributed by atoms with E-state index in [9.17, 15) is 13.5 Å². The first kappa shape index (κ1) is 26.3. The van der Waals surface area contributed by atoms with E-state index in [0.717, 1.165) is 28.3 Å². The van der Waals surface area contributed by atoms with Crippen molar-refractivity contribution < 1.29 is 13.5 Å². The SMILES string of the molecule is Cc1cccc(Nc2ccc(C[C@@H]3CS(=O)(=O)C[C@H](NCc4cccc(C(C)(C)C)c4)[C@H]3O)cc2)n1. The molecule has 1 aliphatic heterocycles. The molecule has 2 heterocycles. The molecule has 0 bridgehead atoms. The number of aliphatic hydroxyl groups is 1. The minimum Gasteiger partial charge on any atom is -0.391 e. The highest BCUT2D eigenvalue weighted by Gasteiger charge is 2.39. The molecule has 3 atom stereocenters. The number of nitrogens with one attached hydrogen (secondary N) is 2. The molecule has 4 rings (SSSR count). The van der Waals surface area contributed by atoms with Crippen molar-refractivity contribution in [2.45, 2.75) is 58.2 Å². The quantitative estimate of drug-likeness (QED) is 0.435. The third kappa shape index (κ3) is 6.93. The van der Waals surface area contributed by atoms with Crippen LogP contribution >= 0.6 is 0 Å². The molecule has 36 heavy (non-hydrogen) atoms. The van der Waals surface area contributed by atoms with E-state index in [1.807, 2.05) is 61.5 Å². The van der Waals surface area contributed by atoms with Gasteiger partial charge in [-0.05, 0) is 59.7 Å². The number of benzene rings is 2. The average molecular weight is 508 g/mol. The largest absolute Gasteiger partial charge is 0.391 e. The Morgan fingerprint density at radius 1 is 0.972 bits per heavy atom. The summed E-state index contributed by atoms with van der Waals surface area (Å²) < 4.78 is 25.4. The van der Waals surface area contributed by atoms with Gasteiger partial charge < -0.3 is 15.7 Å². The Morgan fingerprint density at radius 3 is 2.39 bits per heavy atom. The van der Waals surface area contributed by atoms with Crippen LogP contribution in [0.3, 0.4) is 0 Å². The van der Waals surface area contributed by atoms with Crippen LogP contribution in [0.25, 0.3) is 0 Å². The first-order chi connectivity index (χ1) is 17.0. The molecule has 3 aromatic rings. The van der Waals surface area contributed by atoms with Crippen molar-refractivity contribution in [1.29, 1.82) is 0 Å². The van der Waals surface area contributed by atoms with Gasteiger partial charge in [0, 0.05) is 29.9 Å². The number of aromatic nitrogens is 1. The van der Waals surface area contributed by atoms with Gasteiger partial charge in [0.2, 0.25) is 0 Å². The van der Waals surface area contributed by atoms with Crippen molar-refractivity contribution in [2.24, 2.45) is 5.92 Å². The summed E-state index contributed by atoms with van der Waals surface area (Å²) in [6.07, 6.45) is -0.241. The maximum Gasteiger partial charge on any atom is 0.152 e. The third-order valence-corrected chi connectivity index (χ3v) is 8.57. The van der Waals surface area contributed by atoms with Crippen LogP contribution in [0.1, 0.15) is 43.2 Å². The molecule has 1 fully saturated rings. The zero-order chi connectivity index (χ0) is 25.9. The molecule has 192 valence electrons. The number of hydrogen-bond acceptors (Lipinski definition) is 6. The lowest BCUT2D eigenvalue weighted by molar-refractivity contribution is 0.0781. The molecule has 0 spiro atoms. The molecule has 0 unspecified atom stereocenters. The molecule has 1 aromatic heterocycles. The van der Waals surface area contributed by atoms with Crippen LogP contribution in [0.4, 0.5) is 11.5 Å². The van der Waals surface area contributed by atoms with Crippen LogP contribution in [0.15, 0.2) is 66.7 Å². The van der Waals surface area contributed by atoms with Crippen molar-refractivity contribution in [3.63, 3.8) is 0 Å². The number of hydrogen-bond donors (Lipinski definition) is 3. The summed E-state index contributed by atoms with van der Waals surface area (Å²) in [5.41, 5.74) is 5.19. The summed E-state index contributed by atoms with van der Waals surface area (Å²) in [5.74, 6) is 0.368. The third-order valence-electron chi connectivity index (χ3n) is 6.77. The number of pyridine rings is 1. The van der Waals surface area contributed by atoms with Crippen LogP contribution < -0.4 is 10.6 Å². The maximum atomic E-state index is 12.7. The van der Waals surface area contributed by atoms with Crippen molar-refractivity contribution in [3.05, 3.63) is 89.1 Å². The molecule has 3 N–H and O–H groups in total. The van der Waals surface area contributed by atoms with Gasteiger partial charge in [0.25, 0.3) is 0 Å². The number of rotatable bonds is 7. The predicted octanol–water partition coefficient (Wildman–Crippen LogP) is 4.54. The Kier molecular flexibility index (Phi) is 7.83. The molecule has 1 saturated heterocycles. The molecular weight excluding hydrogens is 470 g/mol. The van der Waals surface area contributed by atoms with E-state index in [-0.39, 0.29) is 22.8 Å². The van der Waals surface area contributed by atoms with Gasteiger partial charge in [-0.15, -0.1) is 0 Å². The highest BCUT2D eigenvalue weighted by atomic mass is 32.2. The smallest absolute Gasteiger partial charge is 0.152 e. The molecule has 1 aliphatic rings. The normalized spacial score (nSPS) is 21.8. The molecule has 0 amide bonds. The highest BCUT2D eigenvalue weighted by Crippen LogP contribution is 2.26. The minimum atomic E-state index is -3.27.